The van der Waals surface area contributed by atoms with Gasteiger partial charge in [-0.3, -0.25) is 9.97 Å². The van der Waals surface area contributed by atoms with Crippen LogP contribution in [-0.2, 0) is 4.75 Å². The summed E-state index contributed by atoms with van der Waals surface area (Å²) in [7, 11) is 0. The number of nitrogens with zero attached hydrogens (tertiary/aromatic N) is 2. The fourth-order valence-corrected chi connectivity index (χ4v) is 3.38. The van der Waals surface area contributed by atoms with Crippen LogP contribution in [0.5, 0.6) is 0 Å². The first kappa shape index (κ1) is 10.9. The summed E-state index contributed by atoms with van der Waals surface area (Å²) >= 11 is 2.01. The molecule has 1 atom stereocenters. The van der Waals surface area contributed by atoms with E-state index in [0.29, 0.717) is 5.92 Å². The highest BCUT2D eigenvalue weighted by atomic mass is 32.2. The molecule has 0 aliphatic carbocycles. The van der Waals surface area contributed by atoms with Crippen LogP contribution in [0.2, 0.25) is 0 Å². The minimum absolute atomic E-state index is 0.104. The van der Waals surface area contributed by atoms with E-state index in [2.05, 4.69) is 29.1 Å². The fourth-order valence-electron chi connectivity index (χ4n) is 1.98. The van der Waals surface area contributed by atoms with Gasteiger partial charge in [-0.2, -0.15) is 0 Å². The van der Waals surface area contributed by atoms with Gasteiger partial charge in [0.25, 0.3) is 0 Å². The Kier molecular flexibility index (Phi) is 3.26. The maximum Gasteiger partial charge on any atom is 0.0762 e. The standard InChI is InChI=1S/C11H17N3S/c1-9(2)11(8-13-5-6-15-11)10-7-12-3-4-14-10/h3-4,7,9,13H,5-6,8H2,1-2H3. The quantitative estimate of drug-likeness (QED) is 0.827. The highest BCUT2D eigenvalue weighted by Crippen LogP contribution is 2.42. The second-order valence-electron chi connectivity index (χ2n) is 4.16. The summed E-state index contributed by atoms with van der Waals surface area (Å²) in [5, 5.41) is 3.47. The molecule has 3 nitrogen and oxygen atoms in total. The third-order valence-electron chi connectivity index (χ3n) is 2.96. The van der Waals surface area contributed by atoms with E-state index in [1.54, 1.807) is 12.4 Å². The summed E-state index contributed by atoms with van der Waals surface area (Å²) in [6, 6.07) is 0. The molecule has 1 N–H and O–H groups in total. The van der Waals surface area contributed by atoms with Gasteiger partial charge in [-0.25, -0.2) is 0 Å². The highest BCUT2D eigenvalue weighted by Gasteiger charge is 2.39. The van der Waals surface area contributed by atoms with Crippen molar-refractivity contribution in [3.63, 3.8) is 0 Å². The largest absolute Gasteiger partial charge is 0.314 e. The first-order valence-corrected chi connectivity index (χ1v) is 6.35. The highest BCUT2D eigenvalue weighted by molar-refractivity contribution is 8.00. The average Bonchev–Trinajstić information content (AvgIpc) is 2.31. The molecule has 1 unspecified atom stereocenters. The van der Waals surface area contributed by atoms with Crippen LogP contribution in [0.15, 0.2) is 18.6 Å². The molecule has 0 spiro atoms. The molecule has 15 heavy (non-hydrogen) atoms. The Morgan fingerprint density at radius 1 is 1.47 bits per heavy atom. The molecular formula is C11H17N3S. The van der Waals surface area contributed by atoms with Crippen molar-refractivity contribution >= 4 is 11.8 Å². The first-order chi connectivity index (χ1) is 7.26. The second-order valence-corrected chi connectivity index (χ2v) is 5.59. The van der Waals surface area contributed by atoms with Gasteiger partial charge in [0.05, 0.1) is 10.4 Å². The van der Waals surface area contributed by atoms with E-state index in [9.17, 15) is 0 Å². The van der Waals surface area contributed by atoms with E-state index in [1.807, 2.05) is 18.0 Å². The summed E-state index contributed by atoms with van der Waals surface area (Å²) in [5.41, 5.74) is 1.11. The number of nitrogens with one attached hydrogen (secondary N) is 1. The number of thioether (sulfide) groups is 1. The van der Waals surface area contributed by atoms with Crippen LogP contribution >= 0.6 is 11.8 Å². The molecule has 0 radical (unpaired) electrons. The van der Waals surface area contributed by atoms with E-state index in [1.165, 1.54) is 0 Å². The summed E-state index contributed by atoms with van der Waals surface area (Å²) < 4.78 is 0.104. The van der Waals surface area contributed by atoms with Gasteiger partial charge in [-0.15, -0.1) is 11.8 Å². The molecule has 1 aromatic heterocycles. The van der Waals surface area contributed by atoms with Gasteiger partial charge in [-0.05, 0) is 5.92 Å². The van der Waals surface area contributed by atoms with Crippen molar-refractivity contribution in [1.82, 2.24) is 15.3 Å². The number of rotatable bonds is 2. The Bertz CT molecular complexity index is 307. The van der Waals surface area contributed by atoms with E-state index >= 15 is 0 Å². The maximum absolute atomic E-state index is 4.47. The second kappa shape index (κ2) is 4.49. The normalized spacial score (nSPS) is 26.9. The third kappa shape index (κ3) is 2.01. The summed E-state index contributed by atoms with van der Waals surface area (Å²) in [5.74, 6) is 1.71. The maximum atomic E-state index is 4.47. The van der Waals surface area contributed by atoms with E-state index in [4.69, 9.17) is 0 Å². The van der Waals surface area contributed by atoms with Crippen LogP contribution in [0.4, 0.5) is 0 Å². The van der Waals surface area contributed by atoms with Gasteiger partial charge in [0.2, 0.25) is 0 Å². The molecule has 4 heteroatoms. The van der Waals surface area contributed by atoms with Crippen molar-refractivity contribution in [1.29, 1.82) is 0 Å². The van der Waals surface area contributed by atoms with Crippen LogP contribution in [0.1, 0.15) is 19.5 Å². The number of hydrogen-bond donors (Lipinski definition) is 1. The first-order valence-electron chi connectivity index (χ1n) is 5.37. The molecule has 82 valence electrons. The van der Waals surface area contributed by atoms with Gasteiger partial charge >= 0.3 is 0 Å². The summed E-state index contributed by atoms with van der Waals surface area (Å²) in [6.07, 6.45) is 5.42. The minimum Gasteiger partial charge on any atom is -0.314 e. The lowest BCUT2D eigenvalue weighted by atomic mass is 9.91. The Morgan fingerprint density at radius 2 is 2.33 bits per heavy atom. The number of aromatic nitrogens is 2. The number of hydrogen-bond acceptors (Lipinski definition) is 4. The van der Waals surface area contributed by atoms with Crippen molar-refractivity contribution in [2.45, 2.75) is 18.6 Å². The lowest BCUT2D eigenvalue weighted by molar-refractivity contribution is 0.403. The lowest BCUT2D eigenvalue weighted by Crippen LogP contribution is -2.45. The molecule has 1 aliphatic heterocycles. The third-order valence-corrected chi connectivity index (χ3v) is 4.70. The van der Waals surface area contributed by atoms with E-state index in [0.717, 1.165) is 24.5 Å². The van der Waals surface area contributed by atoms with Crippen molar-refractivity contribution in [2.24, 2.45) is 5.92 Å². The Balaban J connectivity index is 2.34. The van der Waals surface area contributed by atoms with E-state index < -0.39 is 0 Å². The fraction of sp³-hybridized carbons (Fsp3) is 0.636. The SMILES string of the molecule is CC(C)C1(c2cnccn2)CNCCS1. The topological polar surface area (TPSA) is 37.8 Å². The van der Waals surface area contributed by atoms with Crippen molar-refractivity contribution in [2.75, 3.05) is 18.8 Å². The van der Waals surface area contributed by atoms with E-state index in [-0.39, 0.29) is 4.75 Å². The zero-order valence-electron chi connectivity index (χ0n) is 9.23. The Hall–Kier alpha value is -0.610. The zero-order valence-corrected chi connectivity index (χ0v) is 10.0. The minimum atomic E-state index is 0.104. The molecule has 1 aliphatic rings. The van der Waals surface area contributed by atoms with Gasteiger partial charge in [0.15, 0.2) is 0 Å². The average molecular weight is 223 g/mol. The predicted molar refractivity (Wildman–Crippen MR) is 63.9 cm³/mol. The van der Waals surface area contributed by atoms with Crippen molar-refractivity contribution in [3.05, 3.63) is 24.3 Å². The molecule has 2 rings (SSSR count). The Morgan fingerprint density at radius 3 is 2.87 bits per heavy atom. The van der Waals surface area contributed by atoms with Gasteiger partial charge in [0, 0.05) is 37.4 Å². The smallest absolute Gasteiger partial charge is 0.0762 e. The van der Waals surface area contributed by atoms with Crippen LogP contribution < -0.4 is 5.32 Å². The molecule has 1 saturated heterocycles. The molecule has 2 heterocycles. The Labute approximate surface area is 95.1 Å². The molecule has 0 saturated carbocycles. The molecule has 0 bridgehead atoms. The van der Waals surface area contributed by atoms with Crippen LogP contribution in [0, 0.1) is 5.92 Å². The molecule has 0 aromatic carbocycles. The van der Waals surface area contributed by atoms with Gasteiger partial charge in [0.1, 0.15) is 0 Å². The van der Waals surface area contributed by atoms with Gasteiger partial charge < -0.3 is 5.32 Å². The molecule has 0 amide bonds. The molecule has 1 fully saturated rings. The zero-order chi connectivity index (χ0) is 10.7. The molecular weight excluding hydrogens is 206 g/mol. The predicted octanol–water partition coefficient (Wildman–Crippen LogP) is 1.66. The van der Waals surface area contributed by atoms with Crippen LogP contribution in [-0.4, -0.2) is 28.8 Å². The summed E-state index contributed by atoms with van der Waals surface area (Å²) in [6.45, 7) is 6.61. The summed E-state index contributed by atoms with van der Waals surface area (Å²) in [4.78, 5) is 8.66. The van der Waals surface area contributed by atoms with Crippen molar-refractivity contribution < 1.29 is 0 Å². The van der Waals surface area contributed by atoms with Gasteiger partial charge in [-0.1, -0.05) is 13.8 Å². The van der Waals surface area contributed by atoms with Crippen molar-refractivity contribution in [3.8, 4) is 0 Å². The van der Waals surface area contributed by atoms with Crippen LogP contribution in [0.3, 0.4) is 0 Å². The molecule has 1 aromatic rings. The monoisotopic (exact) mass is 223 g/mol. The van der Waals surface area contributed by atoms with Crippen LogP contribution in [0.25, 0.3) is 0 Å². The lowest BCUT2D eigenvalue weighted by Gasteiger charge is -2.39.